The highest BCUT2D eigenvalue weighted by Crippen LogP contribution is 2.29. The fourth-order valence-corrected chi connectivity index (χ4v) is 5.27. The zero-order chi connectivity index (χ0) is 30.5. The van der Waals surface area contributed by atoms with E-state index in [0.29, 0.717) is 48.1 Å². The van der Waals surface area contributed by atoms with E-state index in [1.54, 1.807) is 41.6 Å². The van der Waals surface area contributed by atoms with Gasteiger partial charge in [-0.3, -0.25) is 14.4 Å². The van der Waals surface area contributed by atoms with Crippen molar-refractivity contribution in [2.75, 3.05) is 26.8 Å². The van der Waals surface area contributed by atoms with Crippen molar-refractivity contribution in [3.8, 4) is 17.2 Å². The third kappa shape index (κ3) is 7.59. The van der Waals surface area contributed by atoms with Crippen LogP contribution in [0.25, 0.3) is 0 Å². The molecule has 0 aliphatic carbocycles. The van der Waals surface area contributed by atoms with Gasteiger partial charge < -0.3 is 29.7 Å². The van der Waals surface area contributed by atoms with Gasteiger partial charge in [-0.25, -0.2) is 14.1 Å². The summed E-state index contributed by atoms with van der Waals surface area (Å²) in [4.78, 5) is 44.8. The topological polar surface area (TPSA) is 137 Å². The summed E-state index contributed by atoms with van der Waals surface area (Å²) in [5.74, 6) is 0.970. The molecule has 1 aromatic heterocycles. The number of fused-ring (bicyclic) bond motifs is 5. The fraction of sp³-hybridized carbons (Fsp3) is 0.433. The second-order valence-electron chi connectivity index (χ2n) is 10.7. The molecule has 1 fully saturated rings. The number of benzene rings is 2. The summed E-state index contributed by atoms with van der Waals surface area (Å²) in [7, 11) is 1.50. The Morgan fingerprint density at radius 2 is 1.95 bits per heavy atom. The highest BCUT2D eigenvalue weighted by molar-refractivity contribution is 5.79. The van der Waals surface area contributed by atoms with Gasteiger partial charge in [-0.1, -0.05) is 6.07 Å². The maximum absolute atomic E-state index is 14.6. The van der Waals surface area contributed by atoms with E-state index in [4.69, 9.17) is 14.2 Å². The van der Waals surface area contributed by atoms with Crippen LogP contribution in [0.4, 0.5) is 4.39 Å². The van der Waals surface area contributed by atoms with Gasteiger partial charge in [-0.2, -0.15) is 5.10 Å². The number of piperidine rings is 1. The molecule has 0 unspecified atom stereocenters. The highest BCUT2D eigenvalue weighted by atomic mass is 19.1. The average Bonchev–Trinajstić information content (AvgIpc) is 3.29. The SMILES string of the molecule is COc1ccc2cc1OCC(=O)N[C@@H]1CN(C(=O)Cn3nc(C)nc3C)CC[C@H]1Oc1cc(F)cc(c1)CNC(=O)CC2. The van der Waals surface area contributed by atoms with Crippen LogP contribution in [-0.4, -0.2) is 76.3 Å². The Labute approximate surface area is 248 Å². The molecule has 2 aliphatic heterocycles. The molecule has 2 aromatic carbocycles. The number of nitrogens with zero attached hydrogens (tertiary/aromatic N) is 4. The van der Waals surface area contributed by atoms with Crippen LogP contribution in [0.3, 0.4) is 0 Å². The largest absolute Gasteiger partial charge is 0.493 e. The maximum atomic E-state index is 14.6. The van der Waals surface area contributed by atoms with Crippen molar-refractivity contribution in [1.82, 2.24) is 30.3 Å². The second kappa shape index (κ2) is 13.1. The molecule has 3 amide bonds. The Morgan fingerprint density at radius 3 is 2.72 bits per heavy atom. The van der Waals surface area contributed by atoms with Gasteiger partial charge >= 0.3 is 0 Å². The molecule has 2 atom stereocenters. The molecule has 5 rings (SSSR count). The van der Waals surface area contributed by atoms with Gasteiger partial charge in [-0.05, 0) is 55.7 Å². The van der Waals surface area contributed by atoms with E-state index in [0.717, 1.165) is 5.56 Å². The number of hydrogen-bond acceptors (Lipinski definition) is 8. The summed E-state index contributed by atoms with van der Waals surface area (Å²) in [6.45, 7) is 3.88. The number of methoxy groups -OCH3 is 1. The van der Waals surface area contributed by atoms with Crippen LogP contribution in [0.1, 0.15) is 35.6 Å². The van der Waals surface area contributed by atoms with Crippen LogP contribution in [0, 0.1) is 19.7 Å². The standard InChI is InChI=1S/C30H35FN6O6/c1-18-33-19(2)37(35-18)16-30(40)36-9-8-25-24(15-36)34-29(39)17-42-27-12-20(4-6-26(27)41-3)5-7-28(38)32-14-21-10-22(31)13-23(11-21)43-25/h4,6,10-13,24-25H,5,7-9,14-17H2,1-3H3,(H,32,38)(H,34,39)/t24-,25-/m1/s1. The molecule has 0 saturated carbocycles. The zero-order valence-corrected chi connectivity index (χ0v) is 24.4. The Kier molecular flexibility index (Phi) is 9.07. The highest BCUT2D eigenvalue weighted by Gasteiger charge is 2.34. The molecule has 43 heavy (non-hydrogen) atoms. The number of amides is 3. The minimum atomic E-state index is -0.620. The fourth-order valence-electron chi connectivity index (χ4n) is 5.27. The van der Waals surface area contributed by atoms with Gasteiger partial charge in [0, 0.05) is 38.5 Å². The van der Waals surface area contributed by atoms with E-state index in [1.165, 1.54) is 19.2 Å². The first kappa shape index (κ1) is 29.8. The van der Waals surface area contributed by atoms with Crippen LogP contribution >= 0.6 is 0 Å². The second-order valence-corrected chi connectivity index (χ2v) is 10.7. The normalized spacial score (nSPS) is 19.5. The van der Waals surface area contributed by atoms with E-state index in [2.05, 4.69) is 20.7 Å². The maximum Gasteiger partial charge on any atom is 0.258 e. The van der Waals surface area contributed by atoms with Gasteiger partial charge in [0.15, 0.2) is 18.1 Å². The van der Waals surface area contributed by atoms with Gasteiger partial charge in [-0.15, -0.1) is 0 Å². The zero-order valence-electron chi connectivity index (χ0n) is 24.4. The van der Waals surface area contributed by atoms with Crippen molar-refractivity contribution in [3.05, 3.63) is 65.0 Å². The summed E-state index contributed by atoms with van der Waals surface area (Å²) in [6.07, 6.45) is 0.451. The number of nitrogens with one attached hydrogen (secondary N) is 2. The third-order valence-corrected chi connectivity index (χ3v) is 7.43. The van der Waals surface area contributed by atoms with Gasteiger partial charge in [0.05, 0.1) is 13.2 Å². The van der Waals surface area contributed by atoms with Gasteiger partial charge in [0.2, 0.25) is 11.8 Å². The molecule has 2 N–H and O–H groups in total. The Bertz CT molecular complexity index is 1510. The van der Waals surface area contributed by atoms with Crippen molar-refractivity contribution in [2.24, 2.45) is 0 Å². The number of aromatic nitrogens is 3. The van der Waals surface area contributed by atoms with Crippen molar-refractivity contribution in [3.63, 3.8) is 0 Å². The summed E-state index contributed by atoms with van der Waals surface area (Å²) >= 11 is 0. The van der Waals surface area contributed by atoms with Gasteiger partial charge in [0.1, 0.15) is 35.9 Å². The molecule has 3 heterocycles. The molecular formula is C30H35FN6O6. The van der Waals surface area contributed by atoms with E-state index in [9.17, 15) is 18.8 Å². The van der Waals surface area contributed by atoms with Crippen LogP contribution in [0.5, 0.6) is 17.2 Å². The Balaban J connectivity index is 1.39. The summed E-state index contributed by atoms with van der Waals surface area (Å²) in [5.41, 5.74) is 1.37. The molecule has 3 aromatic rings. The number of rotatable bonds is 3. The van der Waals surface area contributed by atoms with E-state index < -0.39 is 23.9 Å². The first-order chi connectivity index (χ1) is 20.7. The quantitative estimate of drug-likeness (QED) is 0.469. The predicted molar refractivity (Wildman–Crippen MR) is 152 cm³/mol. The van der Waals surface area contributed by atoms with Crippen LogP contribution < -0.4 is 24.8 Å². The number of carbonyl (C=O) groups excluding carboxylic acids is 3. The number of carbonyl (C=O) groups is 3. The number of halogens is 1. The molecule has 228 valence electrons. The lowest BCUT2D eigenvalue weighted by Gasteiger charge is -2.39. The smallest absolute Gasteiger partial charge is 0.258 e. The van der Waals surface area contributed by atoms with E-state index >= 15 is 0 Å². The third-order valence-electron chi connectivity index (χ3n) is 7.43. The van der Waals surface area contributed by atoms with Crippen LogP contribution in [0.15, 0.2) is 36.4 Å². The molecule has 0 spiro atoms. The number of likely N-dealkylation sites (tertiary alicyclic amines) is 1. The molecule has 1 saturated heterocycles. The van der Waals surface area contributed by atoms with E-state index in [1.807, 2.05) is 6.07 Å². The first-order valence-electron chi connectivity index (χ1n) is 14.1. The Morgan fingerprint density at radius 1 is 1.12 bits per heavy atom. The monoisotopic (exact) mass is 594 g/mol. The molecule has 4 bridgehead atoms. The van der Waals surface area contributed by atoms with Crippen molar-refractivity contribution >= 4 is 17.7 Å². The van der Waals surface area contributed by atoms with Gasteiger partial charge in [0.25, 0.3) is 5.91 Å². The van der Waals surface area contributed by atoms with Crippen LogP contribution in [0.2, 0.25) is 0 Å². The average molecular weight is 595 g/mol. The minimum absolute atomic E-state index is 0.0110. The number of hydrogen-bond donors (Lipinski definition) is 2. The lowest BCUT2D eigenvalue weighted by molar-refractivity contribution is -0.136. The summed E-state index contributed by atoms with van der Waals surface area (Å²) in [5, 5.41) is 10.1. The molecular weight excluding hydrogens is 559 g/mol. The lowest BCUT2D eigenvalue weighted by Crippen LogP contribution is -2.59. The van der Waals surface area contributed by atoms with Crippen molar-refractivity contribution < 1.29 is 33.0 Å². The summed E-state index contributed by atoms with van der Waals surface area (Å²) < 4.78 is 33.5. The molecule has 2 aliphatic rings. The van der Waals surface area contributed by atoms with Crippen molar-refractivity contribution in [1.29, 1.82) is 0 Å². The van der Waals surface area contributed by atoms with Crippen molar-refractivity contribution in [2.45, 2.75) is 58.3 Å². The predicted octanol–water partition coefficient (Wildman–Crippen LogP) is 1.85. The van der Waals surface area contributed by atoms with Crippen LogP contribution in [-0.2, 0) is 33.9 Å². The molecule has 0 radical (unpaired) electrons. The molecule has 13 heteroatoms. The minimum Gasteiger partial charge on any atom is -0.493 e. The van der Waals surface area contributed by atoms with E-state index in [-0.39, 0.29) is 50.2 Å². The first-order valence-corrected chi connectivity index (χ1v) is 14.1. The summed E-state index contributed by atoms with van der Waals surface area (Å²) in [6, 6.07) is 8.93. The lowest BCUT2D eigenvalue weighted by atomic mass is 10.0. The number of aryl methyl sites for hydroxylation is 3. The molecule has 12 nitrogen and oxygen atoms in total. The number of ether oxygens (including phenoxy) is 3. The Hall–Kier alpha value is -4.68.